The van der Waals surface area contributed by atoms with Crippen molar-refractivity contribution in [3.63, 3.8) is 0 Å². The number of hydrogen-bond donors (Lipinski definition) is 1. The summed E-state index contributed by atoms with van der Waals surface area (Å²) in [4.78, 5) is 17.8. The van der Waals surface area contributed by atoms with E-state index in [1.807, 2.05) is 0 Å². The molecule has 1 N–H and O–H groups in total. The van der Waals surface area contributed by atoms with Crippen molar-refractivity contribution in [2.24, 2.45) is 0 Å². The molecule has 12 heteroatoms. The van der Waals surface area contributed by atoms with E-state index in [0.29, 0.717) is 10.5 Å². The minimum atomic E-state index is -4.96. The van der Waals surface area contributed by atoms with Crippen LogP contribution in [0.4, 0.5) is 23.2 Å². The third-order valence-electron chi connectivity index (χ3n) is 3.99. The van der Waals surface area contributed by atoms with Gasteiger partial charge in [0.15, 0.2) is 11.5 Å². The second kappa shape index (κ2) is 7.39. The number of aromatic nitrogens is 6. The summed E-state index contributed by atoms with van der Waals surface area (Å²) in [6.07, 6.45) is -0.0863. The van der Waals surface area contributed by atoms with Crippen molar-refractivity contribution in [3.05, 3.63) is 78.3 Å². The van der Waals surface area contributed by atoms with Gasteiger partial charge in [0.25, 0.3) is 5.91 Å². The fourth-order valence-electron chi connectivity index (χ4n) is 2.70. The maximum absolute atomic E-state index is 14.0. The molecule has 0 spiro atoms. The Bertz CT molecular complexity index is 1180. The van der Waals surface area contributed by atoms with E-state index in [0.717, 1.165) is 18.3 Å². The average molecular weight is 417 g/mol. The molecule has 4 aromatic rings. The number of nitrogens with zero attached hydrogens (tertiary/aromatic N) is 6. The number of amides is 1. The van der Waals surface area contributed by atoms with Crippen molar-refractivity contribution in [3.8, 4) is 11.5 Å². The Kier molecular flexibility index (Phi) is 4.74. The minimum Gasteiger partial charge on any atom is -0.320 e. The second-order valence-corrected chi connectivity index (χ2v) is 5.95. The summed E-state index contributed by atoms with van der Waals surface area (Å²) in [5, 5.41) is 13.7. The summed E-state index contributed by atoms with van der Waals surface area (Å²) in [5.41, 5.74) is -2.44. The first-order valence-electron chi connectivity index (χ1n) is 8.39. The highest BCUT2D eigenvalue weighted by molar-refractivity contribution is 6.05. The second-order valence-electron chi connectivity index (χ2n) is 5.95. The van der Waals surface area contributed by atoms with Crippen LogP contribution in [0, 0.1) is 5.82 Å². The topological polar surface area (TPSA) is 90.5 Å². The summed E-state index contributed by atoms with van der Waals surface area (Å²) >= 11 is 0. The number of nitrogens with one attached hydrogen (secondary N) is 1. The molecule has 0 radical (unpaired) electrons. The van der Waals surface area contributed by atoms with Crippen LogP contribution < -0.4 is 5.32 Å². The van der Waals surface area contributed by atoms with Gasteiger partial charge in [0.2, 0.25) is 0 Å². The van der Waals surface area contributed by atoms with E-state index in [2.05, 4.69) is 25.6 Å². The molecule has 3 heterocycles. The minimum absolute atomic E-state index is 0.141. The third kappa shape index (κ3) is 3.62. The van der Waals surface area contributed by atoms with Crippen molar-refractivity contribution in [2.45, 2.75) is 6.18 Å². The molecular formula is C18H11F4N7O. The van der Waals surface area contributed by atoms with E-state index in [9.17, 15) is 22.4 Å². The molecule has 0 aliphatic rings. The first kappa shape index (κ1) is 19.2. The maximum atomic E-state index is 14.0. The van der Waals surface area contributed by atoms with E-state index in [-0.39, 0.29) is 5.69 Å². The lowest BCUT2D eigenvalue weighted by molar-refractivity contribution is -0.143. The number of pyridine rings is 1. The number of carbonyl (C=O) groups is 1. The first-order valence-corrected chi connectivity index (χ1v) is 8.39. The SMILES string of the molecule is O=C(Nc1ccc(-n2nccn2)nc1)c1cnn(-c2ccccc2F)c1C(F)(F)F. The molecule has 8 nitrogen and oxygen atoms in total. The van der Waals surface area contributed by atoms with Gasteiger partial charge < -0.3 is 5.32 Å². The molecule has 0 saturated carbocycles. The Hall–Kier alpha value is -4.09. The molecular weight excluding hydrogens is 406 g/mol. The highest BCUT2D eigenvalue weighted by Crippen LogP contribution is 2.34. The van der Waals surface area contributed by atoms with Crippen LogP contribution in [0.2, 0.25) is 0 Å². The number of alkyl halides is 3. The Balaban J connectivity index is 1.65. The van der Waals surface area contributed by atoms with Gasteiger partial charge in [-0.2, -0.15) is 28.5 Å². The van der Waals surface area contributed by atoms with E-state index >= 15 is 0 Å². The predicted molar refractivity (Wildman–Crippen MR) is 95.6 cm³/mol. The average Bonchev–Trinajstić information content (AvgIpc) is 3.39. The largest absolute Gasteiger partial charge is 0.434 e. The van der Waals surface area contributed by atoms with Crippen molar-refractivity contribution in [1.29, 1.82) is 0 Å². The van der Waals surface area contributed by atoms with Crippen molar-refractivity contribution in [1.82, 2.24) is 29.8 Å². The van der Waals surface area contributed by atoms with Gasteiger partial charge in [-0.3, -0.25) is 4.79 Å². The zero-order valence-corrected chi connectivity index (χ0v) is 14.9. The fourth-order valence-corrected chi connectivity index (χ4v) is 2.70. The smallest absolute Gasteiger partial charge is 0.320 e. The molecule has 0 saturated heterocycles. The number of anilines is 1. The zero-order chi connectivity index (χ0) is 21.3. The van der Waals surface area contributed by atoms with Crippen LogP contribution in [-0.4, -0.2) is 35.7 Å². The predicted octanol–water partition coefficient (Wildman–Crippen LogP) is 3.26. The Morgan fingerprint density at radius 3 is 2.33 bits per heavy atom. The number of benzene rings is 1. The normalized spacial score (nSPS) is 11.5. The van der Waals surface area contributed by atoms with Gasteiger partial charge in [-0.1, -0.05) is 12.1 Å². The van der Waals surface area contributed by atoms with E-state index < -0.39 is 34.8 Å². The van der Waals surface area contributed by atoms with Gasteiger partial charge in [0, 0.05) is 0 Å². The highest BCUT2D eigenvalue weighted by Gasteiger charge is 2.41. The lowest BCUT2D eigenvalue weighted by atomic mass is 10.2. The molecule has 1 amide bonds. The number of para-hydroxylation sites is 1. The van der Waals surface area contributed by atoms with Gasteiger partial charge >= 0.3 is 6.18 Å². The first-order chi connectivity index (χ1) is 14.3. The summed E-state index contributed by atoms with van der Waals surface area (Å²) in [6, 6.07) is 7.73. The fraction of sp³-hybridized carbons (Fsp3) is 0.0556. The van der Waals surface area contributed by atoms with Crippen molar-refractivity contribution >= 4 is 11.6 Å². The number of carbonyl (C=O) groups excluding carboxylic acids is 1. The third-order valence-corrected chi connectivity index (χ3v) is 3.99. The van der Waals surface area contributed by atoms with Gasteiger partial charge in [-0.05, 0) is 24.3 Å². The lowest BCUT2D eigenvalue weighted by Gasteiger charge is -2.13. The molecule has 0 bridgehead atoms. The molecule has 152 valence electrons. The summed E-state index contributed by atoms with van der Waals surface area (Å²) < 4.78 is 55.4. The molecule has 3 aromatic heterocycles. The van der Waals surface area contributed by atoms with Gasteiger partial charge in [-0.25, -0.2) is 14.1 Å². The number of rotatable bonds is 4. The molecule has 0 atom stereocenters. The summed E-state index contributed by atoms with van der Waals surface area (Å²) in [7, 11) is 0. The summed E-state index contributed by atoms with van der Waals surface area (Å²) in [6.45, 7) is 0. The van der Waals surface area contributed by atoms with E-state index in [1.54, 1.807) is 0 Å². The van der Waals surface area contributed by atoms with Crippen molar-refractivity contribution in [2.75, 3.05) is 5.32 Å². The maximum Gasteiger partial charge on any atom is 0.434 e. The van der Waals surface area contributed by atoms with Crippen LogP contribution in [0.3, 0.4) is 0 Å². The van der Waals surface area contributed by atoms with Gasteiger partial charge in [-0.15, -0.1) is 4.80 Å². The lowest BCUT2D eigenvalue weighted by Crippen LogP contribution is -2.21. The number of halogens is 4. The Morgan fingerprint density at radius 1 is 0.967 bits per heavy atom. The van der Waals surface area contributed by atoms with Crippen LogP contribution in [0.1, 0.15) is 16.1 Å². The monoisotopic (exact) mass is 417 g/mol. The van der Waals surface area contributed by atoms with Crippen LogP contribution >= 0.6 is 0 Å². The molecule has 0 aliphatic heterocycles. The molecule has 30 heavy (non-hydrogen) atoms. The molecule has 0 fully saturated rings. The molecule has 0 aliphatic carbocycles. The molecule has 1 aromatic carbocycles. The van der Waals surface area contributed by atoms with Gasteiger partial charge in [0.1, 0.15) is 11.5 Å². The standard InChI is InChI=1S/C18H11F4N7O/c19-13-3-1-2-4-14(13)28-16(18(20,21)22)12(10-26-28)17(30)27-11-5-6-15(23-9-11)29-24-7-8-25-29/h1-10H,(H,27,30). The van der Waals surface area contributed by atoms with E-state index in [1.165, 1.54) is 47.7 Å². The van der Waals surface area contributed by atoms with E-state index in [4.69, 9.17) is 0 Å². The van der Waals surface area contributed by atoms with Crippen LogP contribution in [-0.2, 0) is 6.18 Å². The van der Waals surface area contributed by atoms with Gasteiger partial charge in [0.05, 0.1) is 36.0 Å². The highest BCUT2D eigenvalue weighted by atomic mass is 19.4. The molecule has 0 unspecified atom stereocenters. The van der Waals surface area contributed by atoms with Crippen molar-refractivity contribution < 1.29 is 22.4 Å². The van der Waals surface area contributed by atoms with Crippen LogP contribution in [0.25, 0.3) is 11.5 Å². The zero-order valence-electron chi connectivity index (χ0n) is 14.9. The summed E-state index contributed by atoms with van der Waals surface area (Å²) in [5.74, 6) is -1.64. The van der Waals surface area contributed by atoms with Crippen LogP contribution in [0.15, 0.2) is 61.2 Å². The molecule has 4 rings (SSSR count). The number of hydrogen-bond acceptors (Lipinski definition) is 5. The quantitative estimate of drug-likeness (QED) is 0.515. The Labute approximate surface area is 165 Å². The van der Waals surface area contributed by atoms with Crippen LogP contribution in [0.5, 0.6) is 0 Å². The Morgan fingerprint density at radius 2 is 1.70 bits per heavy atom.